The van der Waals surface area contributed by atoms with Gasteiger partial charge in [-0.3, -0.25) is 4.79 Å². The molecule has 1 saturated heterocycles. The van der Waals surface area contributed by atoms with E-state index in [2.05, 4.69) is 20.3 Å². The monoisotopic (exact) mass is 344 g/mol. The van der Waals surface area contributed by atoms with Crippen molar-refractivity contribution in [2.75, 3.05) is 36.9 Å². The summed E-state index contributed by atoms with van der Waals surface area (Å²) in [6.07, 6.45) is 5.86. The summed E-state index contributed by atoms with van der Waals surface area (Å²) in [7, 11) is 1.83. The first kappa shape index (κ1) is 15.3. The van der Waals surface area contributed by atoms with Gasteiger partial charge in [-0.2, -0.15) is 0 Å². The molecule has 1 saturated carbocycles. The van der Waals surface area contributed by atoms with Gasteiger partial charge in [0.25, 0.3) is 0 Å². The highest BCUT2D eigenvalue weighted by Crippen LogP contribution is 2.43. The lowest BCUT2D eigenvalue weighted by molar-refractivity contribution is -0.129. The number of hydrogen-bond donors (Lipinski definition) is 1. The molecule has 0 bridgehead atoms. The van der Waals surface area contributed by atoms with Gasteiger partial charge in [0.2, 0.25) is 5.91 Å². The molecule has 7 nitrogen and oxygen atoms in total. The van der Waals surface area contributed by atoms with E-state index in [1.54, 1.807) is 22.6 Å². The summed E-state index contributed by atoms with van der Waals surface area (Å²) in [5, 5.41) is 6.63. The Kier molecular flexibility index (Phi) is 4.05. The van der Waals surface area contributed by atoms with Crippen molar-refractivity contribution in [1.82, 2.24) is 19.9 Å². The quantitative estimate of drug-likeness (QED) is 0.891. The lowest BCUT2D eigenvalue weighted by Gasteiger charge is -2.32. The zero-order valence-corrected chi connectivity index (χ0v) is 14.4. The SMILES string of the molecule is CN1CCN(c2cc(NC(c3nccs3)C3CC3)ncn2)CC1=O. The average molecular weight is 344 g/mol. The fourth-order valence-corrected chi connectivity index (χ4v) is 3.69. The average Bonchev–Trinajstić information content (AvgIpc) is 3.29. The maximum absolute atomic E-state index is 11.9. The number of thiazole rings is 1. The number of likely N-dealkylation sites (N-methyl/N-ethyl adjacent to an activating group) is 1. The number of hydrogen-bond acceptors (Lipinski definition) is 7. The van der Waals surface area contributed by atoms with Gasteiger partial charge in [0.1, 0.15) is 23.0 Å². The van der Waals surface area contributed by atoms with E-state index >= 15 is 0 Å². The van der Waals surface area contributed by atoms with Gasteiger partial charge in [0, 0.05) is 37.8 Å². The topological polar surface area (TPSA) is 74.2 Å². The van der Waals surface area contributed by atoms with Crippen molar-refractivity contribution in [1.29, 1.82) is 0 Å². The zero-order valence-electron chi connectivity index (χ0n) is 13.6. The van der Waals surface area contributed by atoms with E-state index in [1.165, 1.54) is 12.8 Å². The molecule has 1 aliphatic carbocycles. The summed E-state index contributed by atoms with van der Waals surface area (Å²) in [5.41, 5.74) is 0. The molecule has 4 rings (SSSR count). The van der Waals surface area contributed by atoms with Crippen LogP contribution in [0.2, 0.25) is 0 Å². The third kappa shape index (κ3) is 3.19. The van der Waals surface area contributed by atoms with Crippen LogP contribution in [0.4, 0.5) is 11.6 Å². The first-order valence-corrected chi connectivity index (χ1v) is 9.05. The maximum Gasteiger partial charge on any atom is 0.241 e. The van der Waals surface area contributed by atoms with E-state index in [4.69, 9.17) is 0 Å². The molecule has 0 radical (unpaired) electrons. The Morgan fingerprint density at radius 3 is 2.88 bits per heavy atom. The molecule has 0 spiro atoms. The number of anilines is 2. The van der Waals surface area contributed by atoms with E-state index in [0.717, 1.165) is 29.7 Å². The number of amides is 1. The number of nitrogens with zero attached hydrogens (tertiary/aromatic N) is 5. The largest absolute Gasteiger partial charge is 0.360 e. The first-order chi connectivity index (χ1) is 11.7. The fraction of sp³-hybridized carbons (Fsp3) is 0.500. The highest BCUT2D eigenvalue weighted by molar-refractivity contribution is 7.09. The summed E-state index contributed by atoms with van der Waals surface area (Å²) in [5.74, 6) is 2.33. The molecular formula is C16H20N6OS. The molecule has 2 aromatic rings. The number of aromatic nitrogens is 3. The predicted octanol–water partition coefficient (Wildman–Crippen LogP) is 1.77. The second kappa shape index (κ2) is 6.35. The molecule has 1 aliphatic heterocycles. The summed E-state index contributed by atoms with van der Waals surface area (Å²) in [6.45, 7) is 1.87. The minimum Gasteiger partial charge on any atom is -0.360 e. The molecule has 2 fully saturated rings. The van der Waals surface area contributed by atoms with Crippen molar-refractivity contribution in [3.05, 3.63) is 29.0 Å². The Morgan fingerprint density at radius 1 is 1.29 bits per heavy atom. The molecule has 8 heteroatoms. The van der Waals surface area contributed by atoms with Crippen LogP contribution in [-0.4, -0.2) is 52.4 Å². The van der Waals surface area contributed by atoms with E-state index in [0.29, 0.717) is 12.5 Å². The number of piperazine rings is 1. The second-order valence-corrected chi connectivity index (χ2v) is 7.25. The summed E-state index contributed by atoms with van der Waals surface area (Å²) >= 11 is 1.67. The predicted molar refractivity (Wildman–Crippen MR) is 93.1 cm³/mol. The third-order valence-corrected chi connectivity index (χ3v) is 5.41. The van der Waals surface area contributed by atoms with Crippen LogP contribution in [0.3, 0.4) is 0 Å². The molecule has 2 aliphatic rings. The molecule has 24 heavy (non-hydrogen) atoms. The van der Waals surface area contributed by atoms with Gasteiger partial charge < -0.3 is 15.1 Å². The fourth-order valence-electron chi connectivity index (χ4n) is 2.91. The number of carbonyl (C=O) groups is 1. The number of nitrogens with one attached hydrogen (secondary N) is 1. The van der Waals surface area contributed by atoms with Crippen LogP contribution < -0.4 is 10.2 Å². The second-order valence-electron chi connectivity index (χ2n) is 6.33. The molecule has 1 unspecified atom stereocenters. The summed E-state index contributed by atoms with van der Waals surface area (Å²) in [4.78, 5) is 28.8. The minimum absolute atomic E-state index is 0.119. The highest BCUT2D eigenvalue weighted by Gasteiger charge is 2.34. The first-order valence-electron chi connectivity index (χ1n) is 8.17. The summed E-state index contributed by atoms with van der Waals surface area (Å²) in [6, 6.07) is 2.14. The van der Waals surface area contributed by atoms with Crippen LogP contribution in [-0.2, 0) is 4.79 Å². The summed E-state index contributed by atoms with van der Waals surface area (Å²) < 4.78 is 0. The van der Waals surface area contributed by atoms with Crippen LogP contribution in [0.15, 0.2) is 24.0 Å². The Hall–Kier alpha value is -2.22. The van der Waals surface area contributed by atoms with Crippen molar-refractivity contribution < 1.29 is 4.79 Å². The van der Waals surface area contributed by atoms with Gasteiger partial charge in [0.15, 0.2) is 0 Å². The van der Waals surface area contributed by atoms with E-state index < -0.39 is 0 Å². The van der Waals surface area contributed by atoms with Gasteiger partial charge in [-0.25, -0.2) is 15.0 Å². The van der Waals surface area contributed by atoms with Crippen molar-refractivity contribution >= 4 is 28.9 Å². The smallest absolute Gasteiger partial charge is 0.241 e. The van der Waals surface area contributed by atoms with Crippen molar-refractivity contribution in [3.8, 4) is 0 Å². The van der Waals surface area contributed by atoms with Crippen molar-refractivity contribution in [3.63, 3.8) is 0 Å². The molecule has 1 N–H and O–H groups in total. The zero-order chi connectivity index (χ0) is 16.5. The minimum atomic E-state index is 0.119. The Balaban J connectivity index is 1.51. The number of carbonyl (C=O) groups excluding carboxylic acids is 1. The van der Waals surface area contributed by atoms with Crippen LogP contribution in [0.25, 0.3) is 0 Å². The Morgan fingerprint density at radius 2 is 2.17 bits per heavy atom. The Bertz CT molecular complexity index is 717. The molecule has 126 valence electrons. The van der Waals surface area contributed by atoms with Crippen LogP contribution >= 0.6 is 11.3 Å². The van der Waals surface area contributed by atoms with Gasteiger partial charge in [0.05, 0.1) is 12.6 Å². The van der Waals surface area contributed by atoms with Gasteiger partial charge in [-0.1, -0.05) is 0 Å². The Labute approximate surface area is 144 Å². The molecular weight excluding hydrogens is 324 g/mol. The lowest BCUT2D eigenvalue weighted by Crippen LogP contribution is -2.48. The molecule has 1 atom stereocenters. The number of rotatable bonds is 5. The normalized spacial score (nSPS) is 19.5. The van der Waals surface area contributed by atoms with E-state index in [-0.39, 0.29) is 11.9 Å². The maximum atomic E-state index is 11.9. The van der Waals surface area contributed by atoms with Gasteiger partial charge in [-0.15, -0.1) is 11.3 Å². The highest BCUT2D eigenvalue weighted by atomic mass is 32.1. The van der Waals surface area contributed by atoms with Crippen LogP contribution in [0.5, 0.6) is 0 Å². The molecule has 0 aromatic carbocycles. The van der Waals surface area contributed by atoms with Crippen LogP contribution in [0.1, 0.15) is 23.9 Å². The molecule has 2 aromatic heterocycles. The molecule has 3 heterocycles. The lowest BCUT2D eigenvalue weighted by atomic mass is 10.2. The van der Waals surface area contributed by atoms with E-state index in [1.807, 2.05) is 29.6 Å². The van der Waals surface area contributed by atoms with Gasteiger partial charge in [-0.05, 0) is 18.8 Å². The van der Waals surface area contributed by atoms with Gasteiger partial charge >= 0.3 is 0 Å². The molecule has 1 amide bonds. The van der Waals surface area contributed by atoms with Crippen molar-refractivity contribution in [2.45, 2.75) is 18.9 Å². The van der Waals surface area contributed by atoms with Crippen LogP contribution in [0, 0.1) is 5.92 Å². The van der Waals surface area contributed by atoms with Crippen molar-refractivity contribution in [2.24, 2.45) is 5.92 Å². The standard InChI is InChI=1S/C16H20N6OS/c1-21-5-6-22(9-14(21)23)13-8-12(18-10-19-13)20-15(11-2-3-11)16-17-4-7-24-16/h4,7-8,10-11,15H,2-3,5-6,9H2,1H3,(H,18,19,20). The third-order valence-electron chi connectivity index (χ3n) is 4.55. The van der Waals surface area contributed by atoms with E-state index in [9.17, 15) is 4.79 Å².